The Morgan fingerprint density at radius 2 is 2.06 bits per heavy atom. The summed E-state index contributed by atoms with van der Waals surface area (Å²) in [7, 11) is 0. The van der Waals surface area contributed by atoms with E-state index in [0.29, 0.717) is 11.3 Å². The van der Waals surface area contributed by atoms with Crippen molar-refractivity contribution >= 4 is 0 Å². The lowest BCUT2D eigenvalue weighted by atomic mass is 9.64. The second kappa shape index (κ2) is 3.87. The zero-order valence-electron chi connectivity index (χ0n) is 11.2. The monoisotopic (exact) mass is 222 g/mol. The smallest absolute Gasteiger partial charge is 0.0620 e. The molecule has 2 aliphatic rings. The van der Waals surface area contributed by atoms with Gasteiger partial charge in [-0.3, -0.25) is 0 Å². The molecule has 0 aromatic heterocycles. The van der Waals surface area contributed by atoms with Crippen LogP contribution in [0.2, 0.25) is 0 Å². The Morgan fingerprint density at radius 3 is 2.56 bits per heavy atom. The Labute approximate surface area is 99.9 Å². The number of hydrogen-bond acceptors (Lipinski definition) is 1. The fraction of sp³-hybridized carbons (Fsp3) is 0.867. The highest BCUT2D eigenvalue weighted by atomic mass is 16.3. The predicted molar refractivity (Wildman–Crippen MR) is 68.2 cm³/mol. The third-order valence-corrected chi connectivity index (χ3v) is 5.33. The fourth-order valence-corrected chi connectivity index (χ4v) is 3.90. The van der Waals surface area contributed by atoms with E-state index in [1.54, 1.807) is 5.57 Å². The normalized spacial score (nSPS) is 40.2. The van der Waals surface area contributed by atoms with Crippen molar-refractivity contribution in [3.05, 3.63) is 11.6 Å². The number of rotatable bonds is 1. The zero-order chi connectivity index (χ0) is 12.0. The summed E-state index contributed by atoms with van der Waals surface area (Å²) < 4.78 is 0. The summed E-state index contributed by atoms with van der Waals surface area (Å²) in [6, 6.07) is 0. The van der Waals surface area contributed by atoms with E-state index in [-0.39, 0.29) is 0 Å². The standard InChI is InChI=1S/C15H26O/c1-11-6-5-7-12(2)15(11)9-8-13(10-15)14(3,4)16/h6,12-13,16H,5,7-10H2,1-4H3/t12-,13-,15-/m0/s1. The van der Waals surface area contributed by atoms with Gasteiger partial charge in [-0.25, -0.2) is 0 Å². The first-order chi connectivity index (χ1) is 7.36. The maximum atomic E-state index is 10.2. The Kier molecular flexibility index (Phi) is 2.94. The average Bonchev–Trinajstić information content (AvgIpc) is 2.60. The lowest BCUT2D eigenvalue weighted by molar-refractivity contribution is 0.0128. The second-order valence-corrected chi connectivity index (χ2v) is 6.62. The molecule has 0 aromatic rings. The van der Waals surface area contributed by atoms with Gasteiger partial charge >= 0.3 is 0 Å². The van der Waals surface area contributed by atoms with E-state index < -0.39 is 5.60 Å². The highest BCUT2D eigenvalue weighted by Gasteiger charge is 2.48. The van der Waals surface area contributed by atoms with Crippen LogP contribution in [0.4, 0.5) is 0 Å². The molecule has 0 amide bonds. The molecule has 2 aliphatic carbocycles. The van der Waals surface area contributed by atoms with Crippen molar-refractivity contribution in [3.63, 3.8) is 0 Å². The lowest BCUT2D eigenvalue weighted by Crippen LogP contribution is -2.34. The molecule has 0 aromatic carbocycles. The quantitative estimate of drug-likeness (QED) is 0.667. The van der Waals surface area contributed by atoms with Crippen LogP contribution in [0.25, 0.3) is 0 Å². The number of hydrogen-bond donors (Lipinski definition) is 1. The van der Waals surface area contributed by atoms with Gasteiger partial charge in [-0.05, 0) is 70.1 Å². The van der Waals surface area contributed by atoms with Gasteiger partial charge in [0.15, 0.2) is 0 Å². The molecule has 0 unspecified atom stereocenters. The van der Waals surface area contributed by atoms with Crippen molar-refractivity contribution in [1.82, 2.24) is 0 Å². The molecule has 92 valence electrons. The molecule has 0 heterocycles. The van der Waals surface area contributed by atoms with Crippen LogP contribution in [-0.2, 0) is 0 Å². The van der Waals surface area contributed by atoms with Crippen molar-refractivity contribution in [2.45, 2.75) is 65.4 Å². The minimum Gasteiger partial charge on any atom is -0.390 e. The number of aliphatic hydroxyl groups is 1. The van der Waals surface area contributed by atoms with Crippen molar-refractivity contribution in [1.29, 1.82) is 0 Å². The summed E-state index contributed by atoms with van der Waals surface area (Å²) in [6.07, 6.45) is 8.69. The van der Waals surface area contributed by atoms with E-state index in [4.69, 9.17) is 0 Å². The van der Waals surface area contributed by atoms with Gasteiger partial charge in [0.05, 0.1) is 5.60 Å². The van der Waals surface area contributed by atoms with Crippen LogP contribution < -0.4 is 0 Å². The summed E-state index contributed by atoms with van der Waals surface area (Å²) in [6.45, 7) is 8.66. The van der Waals surface area contributed by atoms with Crippen molar-refractivity contribution < 1.29 is 5.11 Å². The second-order valence-electron chi connectivity index (χ2n) is 6.62. The molecule has 1 heteroatoms. The van der Waals surface area contributed by atoms with Crippen molar-refractivity contribution in [2.24, 2.45) is 17.3 Å². The van der Waals surface area contributed by atoms with Gasteiger partial charge in [0.2, 0.25) is 0 Å². The van der Waals surface area contributed by atoms with E-state index in [2.05, 4.69) is 19.9 Å². The first-order valence-electron chi connectivity index (χ1n) is 6.76. The predicted octanol–water partition coefficient (Wildman–Crippen LogP) is 3.92. The van der Waals surface area contributed by atoms with Crippen LogP contribution in [0, 0.1) is 17.3 Å². The third kappa shape index (κ3) is 1.84. The highest BCUT2D eigenvalue weighted by molar-refractivity contribution is 5.20. The molecular weight excluding hydrogens is 196 g/mol. The van der Waals surface area contributed by atoms with Gasteiger partial charge in [0.25, 0.3) is 0 Å². The first-order valence-corrected chi connectivity index (χ1v) is 6.76. The average molecular weight is 222 g/mol. The van der Waals surface area contributed by atoms with Gasteiger partial charge < -0.3 is 5.11 Å². The third-order valence-electron chi connectivity index (χ3n) is 5.33. The van der Waals surface area contributed by atoms with Gasteiger partial charge in [-0.1, -0.05) is 18.6 Å². The molecule has 3 atom stereocenters. The van der Waals surface area contributed by atoms with E-state index in [0.717, 1.165) is 5.92 Å². The van der Waals surface area contributed by atoms with E-state index in [1.165, 1.54) is 32.1 Å². The molecule has 1 nitrogen and oxygen atoms in total. The van der Waals surface area contributed by atoms with Crippen LogP contribution in [0.5, 0.6) is 0 Å². The van der Waals surface area contributed by atoms with Crippen LogP contribution in [0.3, 0.4) is 0 Å². The fourth-order valence-electron chi connectivity index (χ4n) is 3.90. The molecule has 1 saturated carbocycles. The minimum absolute atomic E-state index is 0.420. The molecule has 0 saturated heterocycles. The maximum Gasteiger partial charge on any atom is 0.0620 e. The molecule has 1 N–H and O–H groups in total. The summed E-state index contributed by atoms with van der Waals surface area (Å²) >= 11 is 0. The maximum absolute atomic E-state index is 10.2. The molecule has 1 spiro atoms. The van der Waals surface area contributed by atoms with Crippen LogP contribution >= 0.6 is 0 Å². The molecular formula is C15H26O. The first kappa shape index (κ1) is 12.2. The Morgan fingerprint density at radius 1 is 1.38 bits per heavy atom. The minimum atomic E-state index is -0.499. The number of allylic oxidation sites excluding steroid dienone is 2. The van der Waals surface area contributed by atoms with Gasteiger partial charge in [0.1, 0.15) is 0 Å². The van der Waals surface area contributed by atoms with E-state index in [1.807, 2.05) is 13.8 Å². The molecule has 2 rings (SSSR count). The Bertz CT molecular complexity index is 297. The zero-order valence-corrected chi connectivity index (χ0v) is 11.2. The molecule has 0 bridgehead atoms. The van der Waals surface area contributed by atoms with Crippen LogP contribution in [0.1, 0.15) is 59.8 Å². The molecule has 0 radical (unpaired) electrons. The topological polar surface area (TPSA) is 20.2 Å². The summed E-state index contributed by atoms with van der Waals surface area (Å²) in [4.78, 5) is 0. The lowest BCUT2D eigenvalue weighted by Gasteiger charge is -2.41. The van der Waals surface area contributed by atoms with Gasteiger partial charge in [-0.15, -0.1) is 0 Å². The Hall–Kier alpha value is -0.300. The molecule has 1 fully saturated rings. The summed E-state index contributed by atoms with van der Waals surface area (Å²) in [5, 5.41) is 10.2. The van der Waals surface area contributed by atoms with Crippen molar-refractivity contribution in [3.8, 4) is 0 Å². The van der Waals surface area contributed by atoms with Gasteiger partial charge in [-0.2, -0.15) is 0 Å². The van der Waals surface area contributed by atoms with Gasteiger partial charge in [0, 0.05) is 0 Å². The van der Waals surface area contributed by atoms with E-state index >= 15 is 0 Å². The molecule has 0 aliphatic heterocycles. The Balaban J connectivity index is 2.22. The SMILES string of the molecule is CC1=CCC[C@H](C)[C@]12CC[C@H](C(C)(C)O)C2. The van der Waals surface area contributed by atoms with Crippen molar-refractivity contribution in [2.75, 3.05) is 0 Å². The molecule has 16 heavy (non-hydrogen) atoms. The van der Waals surface area contributed by atoms with Crippen LogP contribution in [0.15, 0.2) is 11.6 Å². The summed E-state index contributed by atoms with van der Waals surface area (Å²) in [5.41, 5.74) is 1.52. The largest absolute Gasteiger partial charge is 0.390 e. The van der Waals surface area contributed by atoms with E-state index in [9.17, 15) is 5.11 Å². The highest BCUT2D eigenvalue weighted by Crippen LogP contribution is 2.56. The van der Waals surface area contributed by atoms with Crippen LogP contribution in [-0.4, -0.2) is 10.7 Å². The summed E-state index contributed by atoms with van der Waals surface area (Å²) in [5.74, 6) is 1.28.